The van der Waals surface area contributed by atoms with Crippen molar-refractivity contribution in [3.63, 3.8) is 0 Å². The van der Waals surface area contributed by atoms with Crippen LogP contribution in [-0.2, 0) is 0 Å². The Morgan fingerprint density at radius 1 is 0.682 bits per heavy atom. The second kappa shape index (κ2) is 6.94. The lowest BCUT2D eigenvalue weighted by atomic mass is 10.3. The number of nitrogens with zero attached hydrogens (tertiary/aromatic N) is 4. The monoisotopic (exact) mass is 326 g/mol. The molecule has 2 rings (SSSR count). The Balaban J connectivity index is 2.05. The first-order valence-corrected chi connectivity index (χ1v) is 6.14. The summed E-state index contributed by atoms with van der Waals surface area (Å²) in [6.45, 7) is 0. The van der Waals surface area contributed by atoms with E-state index in [-0.39, 0.29) is 16.5 Å². The fourth-order valence-electron chi connectivity index (χ4n) is 1.32. The Kier molecular flexibility index (Phi) is 4.99. The molecule has 9 heteroatoms. The molecule has 0 N–H and O–H groups in total. The molecule has 0 spiro atoms. The number of benzene rings is 2. The second-order valence-electron chi connectivity index (χ2n) is 3.88. The van der Waals surface area contributed by atoms with Crippen LogP contribution >= 0.6 is 12.2 Å². The lowest BCUT2D eigenvalue weighted by Crippen LogP contribution is -1.83. The van der Waals surface area contributed by atoms with Crippen molar-refractivity contribution in [3.8, 4) is 0 Å². The van der Waals surface area contributed by atoms with E-state index in [1.54, 1.807) is 0 Å². The van der Waals surface area contributed by atoms with Crippen LogP contribution in [0, 0.1) is 23.3 Å². The summed E-state index contributed by atoms with van der Waals surface area (Å²) in [5.41, 5.74) is 0.0635. The van der Waals surface area contributed by atoms with E-state index in [1.165, 1.54) is 12.1 Å². The summed E-state index contributed by atoms with van der Waals surface area (Å²) in [4.78, 5) is 0. The third kappa shape index (κ3) is 4.22. The Bertz CT molecular complexity index is 713. The van der Waals surface area contributed by atoms with Gasteiger partial charge in [-0.15, -0.1) is 20.5 Å². The van der Waals surface area contributed by atoms with Gasteiger partial charge in [-0.25, -0.2) is 17.6 Å². The zero-order valence-electron chi connectivity index (χ0n) is 10.7. The highest BCUT2D eigenvalue weighted by atomic mass is 32.1. The summed E-state index contributed by atoms with van der Waals surface area (Å²) in [6, 6.07) is 5.81. The van der Waals surface area contributed by atoms with Crippen molar-refractivity contribution in [3.05, 3.63) is 59.7 Å². The highest BCUT2D eigenvalue weighted by molar-refractivity contribution is 7.80. The Morgan fingerprint density at radius 3 is 1.45 bits per heavy atom. The fraction of sp³-hybridized carbons (Fsp3) is 0. The van der Waals surface area contributed by atoms with E-state index < -0.39 is 23.3 Å². The Labute approximate surface area is 127 Å². The van der Waals surface area contributed by atoms with Crippen molar-refractivity contribution in [2.75, 3.05) is 0 Å². The average molecular weight is 326 g/mol. The van der Waals surface area contributed by atoms with Gasteiger partial charge in [0, 0.05) is 12.1 Å². The summed E-state index contributed by atoms with van der Waals surface area (Å²) in [7, 11) is 0. The molecule has 22 heavy (non-hydrogen) atoms. The van der Waals surface area contributed by atoms with Crippen LogP contribution < -0.4 is 0 Å². The van der Waals surface area contributed by atoms with Crippen LogP contribution in [0.25, 0.3) is 0 Å². The molecule has 0 saturated heterocycles. The first-order chi connectivity index (χ1) is 10.5. The van der Waals surface area contributed by atoms with Gasteiger partial charge in [-0.05, 0) is 36.5 Å². The molecular weight excluding hydrogens is 320 g/mol. The maximum absolute atomic E-state index is 12.9. The number of azo groups is 2. The number of halogens is 4. The smallest absolute Gasteiger partial charge is 0.204 e. The molecule has 0 unspecified atom stereocenters. The fourth-order valence-corrected chi connectivity index (χ4v) is 1.40. The van der Waals surface area contributed by atoms with Gasteiger partial charge in [-0.2, -0.15) is 0 Å². The maximum atomic E-state index is 12.9. The maximum Gasteiger partial charge on any atom is 0.259 e. The van der Waals surface area contributed by atoms with E-state index in [1.807, 2.05) is 0 Å². The lowest BCUT2D eigenvalue weighted by Gasteiger charge is -1.94. The molecule has 0 amide bonds. The first-order valence-electron chi connectivity index (χ1n) is 5.73. The standard InChI is InChI=1S/C13H6F4N4S/c14-9-3-1-7(5-11(9)16)18-20-13(22)21-19-8-2-4-10(15)12(17)6-8/h1-6H. The average Bonchev–Trinajstić information content (AvgIpc) is 2.49. The van der Waals surface area contributed by atoms with E-state index in [0.29, 0.717) is 0 Å². The van der Waals surface area contributed by atoms with E-state index in [9.17, 15) is 17.6 Å². The van der Waals surface area contributed by atoms with Crippen molar-refractivity contribution in [2.45, 2.75) is 0 Å². The molecule has 0 saturated carbocycles. The van der Waals surface area contributed by atoms with Crippen LogP contribution in [0.3, 0.4) is 0 Å². The molecule has 4 nitrogen and oxygen atoms in total. The van der Waals surface area contributed by atoms with Gasteiger partial charge in [-0.1, -0.05) is 0 Å². The van der Waals surface area contributed by atoms with Crippen molar-refractivity contribution in [1.82, 2.24) is 0 Å². The SMILES string of the molecule is Fc1ccc(N=NC(=S)N=Nc2ccc(F)c(F)c2)cc1F. The van der Waals surface area contributed by atoms with Gasteiger partial charge < -0.3 is 0 Å². The van der Waals surface area contributed by atoms with Crippen molar-refractivity contribution < 1.29 is 17.6 Å². The molecule has 0 fully saturated rings. The topological polar surface area (TPSA) is 49.4 Å². The van der Waals surface area contributed by atoms with Gasteiger partial charge >= 0.3 is 0 Å². The van der Waals surface area contributed by atoms with E-state index >= 15 is 0 Å². The summed E-state index contributed by atoms with van der Waals surface area (Å²) in [6.07, 6.45) is 0. The van der Waals surface area contributed by atoms with Crippen LogP contribution in [0.4, 0.5) is 28.9 Å². The Morgan fingerprint density at radius 2 is 1.09 bits per heavy atom. The molecule has 0 aromatic heterocycles. The third-order valence-corrected chi connectivity index (χ3v) is 2.47. The third-order valence-electron chi connectivity index (χ3n) is 2.31. The summed E-state index contributed by atoms with van der Waals surface area (Å²) >= 11 is 4.71. The van der Waals surface area contributed by atoms with E-state index in [2.05, 4.69) is 20.5 Å². The summed E-state index contributed by atoms with van der Waals surface area (Å²) < 4.78 is 51.3. The van der Waals surface area contributed by atoms with Crippen LogP contribution in [-0.4, -0.2) is 5.11 Å². The molecule has 0 bridgehead atoms. The molecule has 0 aliphatic heterocycles. The quantitative estimate of drug-likeness (QED) is 0.414. The van der Waals surface area contributed by atoms with Crippen LogP contribution in [0.5, 0.6) is 0 Å². The molecular formula is C13H6F4N4S. The van der Waals surface area contributed by atoms with Gasteiger partial charge in [0.1, 0.15) is 0 Å². The number of rotatable bonds is 2. The molecule has 0 aliphatic carbocycles. The predicted molar refractivity (Wildman–Crippen MR) is 74.3 cm³/mol. The minimum absolute atomic E-state index is 0.0317. The van der Waals surface area contributed by atoms with Gasteiger partial charge in [-0.3, -0.25) is 0 Å². The zero-order chi connectivity index (χ0) is 16.1. The minimum atomic E-state index is -1.08. The molecule has 0 atom stereocenters. The molecule has 112 valence electrons. The molecule has 0 aliphatic rings. The van der Waals surface area contributed by atoms with Gasteiger partial charge in [0.25, 0.3) is 5.11 Å². The predicted octanol–water partition coefficient (Wildman–Crippen LogP) is 5.40. The molecule has 0 heterocycles. The molecule has 2 aromatic rings. The van der Waals surface area contributed by atoms with Crippen molar-refractivity contribution in [1.29, 1.82) is 0 Å². The van der Waals surface area contributed by atoms with Crippen LogP contribution in [0.15, 0.2) is 56.9 Å². The van der Waals surface area contributed by atoms with Crippen LogP contribution in [0.2, 0.25) is 0 Å². The van der Waals surface area contributed by atoms with Gasteiger partial charge in [0.15, 0.2) is 23.3 Å². The van der Waals surface area contributed by atoms with Gasteiger partial charge in [0.2, 0.25) is 0 Å². The molecule has 2 aromatic carbocycles. The Hall–Kier alpha value is -2.55. The lowest BCUT2D eigenvalue weighted by molar-refractivity contribution is 0.509. The largest absolute Gasteiger partial charge is 0.259 e. The zero-order valence-corrected chi connectivity index (χ0v) is 11.5. The number of hydrogen-bond acceptors (Lipinski definition) is 3. The van der Waals surface area contributed by atoms with E-state index in [0.717, 1.165) is 24.3 Å². The second-order valence-corrected chi connectivity index (χ2v) is 4.24. The van der Waals surface area contributed by atoms with Gasteiger partial charge in [0.05, 0.1) is 11.4 Å². The minimum Gasteiger partial charge on any atom is -0.204 e. The number of thiocarbonyl (C=S) groups is 1. The van der Waals surface area contributed by atoms with Crippen molar-refractivity contribution in [2.24, 2.45) is 20.5 Å². The van der Waals surface area contributed by atoms with E-state index in [4.69, 9.17) is 12.2 Å². The van der Waals surface area contributed by atoms with Crippen molar-refractivity contribution >= 4 is 28.7 Å². The summed E-state index contributed by atoms with van der Waals surface area (Å²) in [5, 5.41) is 13.7. The van der Waals surface area contributed by atoms with Crippen LogP contribution in [0.1, 0.15) is 0 Å². The highest BCUT2D eigenvalue weighted by Crippen LogP contribution is 2.18. The first kappa shape index (κ1) is 15.8. The summed E-state index contributed by atoms with van der Waals surface area (Å²) in [5.74, 6) is -4.18. The normalized spacial score (nSPS) is 11.5. The molecule has 0 radical (unpaired) electrons. The highest BCUT2D eigenvalue weighted by Gasteiger charge is 2.03. The number of hydrogen-bond donors (Lipinski definition) is 0.